The van der Waals surface area contributed by atoms with Crippen molar-refractivity contribution >= 4 is 63.2 Å². The maximum Gasteiger partial charge on any atom is 0.268 e. The fraction of sp³-hybridized carbons (Fsp3) is 0.130. The molecule has 2 aromatic heterocycles. The van der Waals surface area contributed by atoms with Crippen molar-refractivity contribution < 1.29 is 14.3 Å². The minimum absolute atomic E-state index is 0.109. The Balaban J connectivity index is 1.45. The van der Waals surface area contributed by atoms with E-state index in [-0.39, 0.29) is 35.9 Å². The van der Waals surface area contributed by atoms with E-state index in [0.29, 0.717) is 27.0 Å². The van der Waals surface area contributed by atoms with Crippen LogP contribution in [0, 0.1) is 0 Å². The van der Waals surface area contributed by atoms with Gasteiger partial charge in [0.15, 0.2) is 6.73 Å². The van der Waals surface area contributed by atoms with E-state index < -0.39 is 0 Å². The summed E-state index contributed by atoms with van der Waals surface area (Å²) < 4.78 is 5.73. The normalized spacial score (nSPS) is 12.9. The topological polar surface area (TPSA) is 103 Å². The zero-order valence-electron chi connectivity index (χ0n) is 18.1. The minimum Gasteiger partial charge on any atom is -0.455 e. The molecule has 0 saturated carbocycles. The van der Waals surface area contributed by atoms with Gasteiger partial charge in [0.2, 0.25) is 11.8 Å². The maximum absolute atomic E-state index is 13.1. The van der Waals surface area contributed by atoms with Crippen LogP contribution in [0.4, 0.5) is 17.3 Å². The number of rotatable bonds is 4. The number of nitrogens with one attached hydrogen (secondary N) is 2. The molecule has 0 saturated heterocycles. The lowest BCUT2D eigenvalue weighted by atomic mass is 10.1. The summed E-state index contributed by atoms with van der Waals surface area (Å²) in [5, 5.41) is 4.60. The number of fused-ring (bicyclic) bond motifs is 2. The monoisotopic (exact) mass is 496 g/mol. The molecule has 34 heavy (non-hydrogen) atoms. The molecule has 1 aliphatic rings. The van der Waals surface area contributed by atoms with Crippen LogP contribution in [-0.4, -0.2) is 52.5 Å². The predicted molar refractivity (Wildman–Crippen MR) is 130 cm³/mol. The van der Waals surface area contributed by atoms with Crippen molar-refractivity contribution in [2.45, 2.75) is 0 Å². The molecule has 11 heteroatoms. The molecule has 0 aliphatic carbocycles. The summed E-state index contributed by atoms with van der Waals surface area (Å²) in [6.07, 6.45) is 3.15. The van der Waals surface area contributed by atoms with Crippen LogP contribution < -0.4 is 15.0 Å². The van der Waals surface area contributed by atoms with Crippen molar-refractivity contribution in [3.05, 3.63) is 70.0 Å². The number of aromatic nitrogens is 3. The third kappa shape index (κ3) is 3.78. The van der Waals surface area contributed by atoms with Crippen LogP contribution in [0.5, 0.6) is 5.88 Å². The van der Waals surface area contributed by atoms with E-state index in [1.54, 1.807) is 44.6 Å². The van der Waals surface area contributed by atoms with Gasteiger partial charge in [-0.2, -0.15) is 4.98 Å². The fourth-order valence-electron chi connectivity index (χ4n) is 3.71. The molecule has 3 heterocycles. The molecule has 1 aliphatic heterocycles. The van der Waals surface area contributed by atoms with Gasteiger partial charge in [0, 0.05) is 37.6 Å². The van der Waals surface area contributed by atoms with Gasteiger partial charge in [-0.15, -0.1) is 0 Å². The molecule has 9 nitrogen and oxygen atoms in total. The number of aromatic amines is 1. The second-order valence-corrected chi connectivity index (χ2v) is 8.59. The zero-order chi connectivity index (χ0) is 24.0. The van der Waals surface area contributed by atoms with Crippen LogP contribution in [-0.2, 0) is 0 Å². The molecule has 0 bridgehead atoms. The van der Waals surface area contributed by atoms with Crippen LogP contribution in [0.25, 0.3) is 10.9 Å². The van der Waals surface area contributed by atoms with Crippen LogP contribution >= 0.6 is 23.2 Å². The number of carbonyl (C=O) groups is 2. The summed E-state index contributed by atoms with van der Waals surface area (Å²) in [5.41, 5.74) is 2.40. The largest absolute Gasteiger partial charge is 0.455 e. The molecular weight excluding hydrogens is 479 g/mol. The van der Waals surface area contributed by atoms with Crippen molar-refractivity contribution in [2.24, 2.45) is 0 Å². The highest BCUT2D eigenvalue weighted by molar-refractivity contribution is 6.40. The second kappa shape index (κ2) is 8.51. The summed E-state index contributed by atoms with van der Waals surface area (Å²) in [6, 6.07) is 10.4. The van der Waals surface area contributed by atoms with Gasteiger partial charge in [-0.1, -0.05) is 29.3 Å². The second-order valence-electron chi connectivity index (χ2n) is 7.78. The van der Waals surface area contributed by atoms with E-state index in [1.807, 2.05) is 12.1 Å². The van der Waals surface area contributed by atoms with Gasteiger partial charge in [-0.25, -0.2) is 4.98 Å². The average molecular weight is 497 g/mol. The van der Waals surface area contributed by atoms with Crippen molar-refractivity contribution in [1.29, 1.82) is 0 Å². The number of para-hydroxylation sites is 1. The van der Waals surface area contributed by atoms with Gasteiger partial charge < -0.3 is 19.9 Å². The van der Waals surface area contributed by atoms with Gasteiger partial charge in [0.1, 0.15) is 5.56 Å². The van der Waals surface area contributed by atoms with Crippen molar-refractivity contribution in [3.8, 4) is 5.88 Å². The first kappa shape index (κ1) is 22.0. The number of ether oxygens (including phenoxy) is 1. The molecule has 0 radical (unpaired) electrons. The lowest BCUT2D eigenvalue weighted by Gasteiger charge is -2.29. The number of nitrogens with zero attached hydrogens (tertiary/aromatic N) is 4. The highest BCUT2D eigenvalue weighted by Crippen LogP contribution is 2.37. The fourth-order valence-corrected chi connectivity index (χ4v) is 4.31. The highest BCUT2D eigenvalue weighted by atomic mass is 35.5. The number of hydrogen-bond acceptors (Lipinski definition) is 6. The highest BCUT2D eigenvalue weighted by Gasteiger charge is 2.31. The Morgan fingerprint density at radius 1 is 1.21 bits per heavy atom. The van der Waals surface area contributed by atoms with Gasteiger partial charge in [0.05, 0.1) is 26.8 Å². The molecule has 5 rings (SSSR count). The number of hydrogen-bond donors (Lipinski definition) is 2. The Morgan fingerprint density at radius 2 is 1.97 bits per heavy atom. The van der Waals surface area contributed by atoms with E-state index in [4.69, 9.17) is 27.9 Å². The van der Waals surface area contributed by atoms with E-state index in [1.165, 1.54) is 16.0 Å². The zero-order valence-corrected chi connectivity index (χ0v) is 19.6. The lowest BCUT2D eigenvalue weighted by Crippen LogP contribution is -2.39. The molecule has 2 amide bonds. The van der Waals surface area contributed by atoms with Crippen LogP contribution in [0.15, 0.2) is 48.8 Å². The smallest absolute Gasteiger partial charge is 0.268 e. The molecule has 0 atom stereocenters. The standard InChI is InChI=1S/C23H18Cl2N6O3/c1-30(2)21(32)14-9-13(8-12-6-7-26-18(12)14)28-23-27-10-15-20(29-23)34-11-31(22(15)33)19-16(24)4-3-5-17(19)25/h3-10,26H,11H2,1-2H3,(H,27,28,29). The van der Waals surface area contributed by atoms with E-state index in [9.17, 15) is 9.59 Å². The number of carbonyl (C=O) groups excluding carboxylic acids is 2. The summed E-state index contributed by atoms with van der Waals surface area (Å²) in [4.78, 5) is 40.3. The Kier molecular flexibility index (Phi) is 5.51. The Hall–Kier alpha value is -3.82. The van der Waals surface area contributed by atoms with Gasteiger partial charge in [0.25, 0.3) is 11.8 Å². The summed E-state index contributed by atoms with van der Waals surface area (Å²) in [5.74, 6) is -0.173. The number of anilines is 3. The van der Waals surface area contributed by atoms with Crippen LogP contribution in [0.3, 0.4) is 0 Å². The minimum atomic E-state index is -0.379. The Labute approximate surface area is 204 Å². The molecular formula is C23H18Cl2N6O3. The molecule has 0 spiro atoms. The number of halogens is 2. The van der Waals surface area contributed by atoms with Gasteiger partial charge >= 0.3 is 0 Å². The number of benzene rings is 2. The Bertz CT molecular complexity index is 1430. The molecule has 2 aromatic carbocycles. The first-order valence-corrected chi connectivity index (χ1v) is 10.9. The van der Waals surface area contributed by atoms with Crippen molar-refractivity contribution in [2.75, 3.05) is 31.0 Å². The predicted octanol–water partition coefficient (Wildman–Crippen LogP) is 4.71. The number of H-pyrrole nitrogens is 1. The Morgan fingerprint density at radius 3 is 2.71 bits per heavy atom. The average Bonchev–Trinajstić information content (AvgIpc) is 3.28. The first-order valence-electron chi connectivity index (χ1n) is 10.2. The van der Waals surface area contributed by atoms with Gasteiger partial charge in [-0.3, -0.25) is 14.5 Å². The van der Waals surface area contributed by atoms with Gasteiger partial charge in [-0.05, 0) is 30.3 Å². The third-order valence-electron chi connectivity index (χ3n) is 5.32. The van der Waals surface area contributed by atoms with Crippen LogP contribution in [0.1, 0.15) is 20.7 Å². The number of amides is 2. The molecule has 4 aromatic rings. The lowest BCUT2D eigenvalue weighted by molar-refractivity contribution is 0.0828. The van der Waals surface area contributed by atoms with Crippen molar-refractivity contribution in [1.82, 2.24) is 19.9 Å². The molecule has 0 unspecified atom stereocenters. The molecule has 0 fully saturated rings. The van der Waals surface area contributed by atoms with Crippen molar-refractivity contribution in [3.63, 3.8) is 0 Å². The SMILES string of the molecule is CN(C)C(=O)c1cc(Nc2ncc3c(n2)OCN(c2c(Cl)cccc2Cl)C3=O)cc2cc[nH]c12. The summed E-state index contributed by atoms with van der Waals surface area (Å²) in [7, 11) is 3.38. The van der Waals surface area contributed by atoms with E-state index >= 15 is 0 Å². The third-order valence-corrected chi connectivity index (χ3v) is 5.93. The molecule has 2 N–H and O–H groups in total. The first-order chi connectivity index (χ1) is 16.3. The summed E-state index contributed by atoms with van der Waals surface area (Å²) in [6.45, 7) is -0.109. The summed E-state index contributed by atoms with van der Waals surface area (Å²) >= 11 is 12.5. The van der Waals surface area contributed by atoms with E-state index in [2.05, 4.69) is 20.3 Å². The quantitative estimate of drug-likeness (QED) is 0.424. The maximum atomic E-state index is 13.1. The molecule has 172 valence electrons. The van der Waals surface area contributed by atoms with Crippen LogP contribution in [0.2, 0.25) is 10.0 Å². The van der Waals surface area contributed by atoms with E-state index in [0.717, 1.165) is 10.9 Å².